The molecule has 0 aliphatic heterocycles. The smallest absolute Gasteiger partial charge is 0.315 e. The molecule has 5 nitrogen and oxygen atoms in total. The van der Waals surface area contributed by atoms with Crippen molar-refractivity contribution in [2.45, 2.75) is 51.1 Å². The molecule has 0 aromatic carbocycles. The number of urea groups is 1. The van der Waals surface area contributed by atoms with Crippen molar-refractivity contribution in [2.24, 2.45) is 0 Å². The molecule has 1 atom stereocenters. The zero-order chi connectivity index (χ0) is 12.7. The van der Waals surface area contributed by atoms with Gasteiger partial charge in [0.25, 0.3) is 0 Å². The van der Waals surface area contributed by atoms with E-state index in [4.69, 9.17) is 5.11 Å². The number of aliphatic carboxylic acids is 1. The van der Waals surface area contributed by atoms with Crippen LogP contribution >= 0.6 is 0 Å². The minimum absolute atomic E-state index is 0.0236. The normalized spacial score (nSPS) is 16.8. The van der Waals surface area contributed by atoms with E-state index < -0.39 is 5.97 Å². The Labute approximate surface area is 101 Å². The molecule has 5 heteroatoms. The highest BCUT2D eigenvalue weighted by Crippen LogP contribution is 2.09. The van der Waals surface area contributed by atoms with Gasteiger partial charge in [-0.05, 0) is 19.3 Å². The van der Waals surface area contributed by atoms with Crippen molar-refractivity contribution in [1.29, 1.82) is 0 Å². The van der Waals surface area contributed by atoms with Crippen LogP contribution in [0.4, 0.5) is 4.79 Å². The average molecular weight is 240 g/mol. The summed E-state index contributed by atoms with van der Waals surface area (Å²) in [6, 6.07) is -0.396. The van der Waals surface area contributed by atoms with E-state index in [0.29, 0.717) is 6.42 Å². The van der Waals surface area contributed by atoms with Crippen molar-refractivity contribution in [1.82, 2.24) is 10.6 Å². The SMILES string of the molecule is CCCC(CC(=O)O)NC(=O)NC1CC=CC1. The summed E-state index contributed by atoms with van der Waals surface area (Å²) in [6.07, 6.45) is 7.28. The summed E-state index contributed by atoms with van der Waals surface area (Å²) < 4.78 is 0. The molecule has 0 aromatic heterocycles. The van der Waals surface area contributed by atoms with E-state index in [0.717, 1.165) is 19.3 Å². The molecular weight excluding hydrogens is 220 g/mol. The minimum atomic E-state index is -0.883. The maximum absolute atomic E-state index is 11.6. The summed E-state index contributed by atoms with van der Waals surface area (Å²) in [4.78, 5) is 22.3. The zero-order valence-corrected chi connectivity index (χ0v) is 10.1. The van der Waals surface area contributed by atoms with Gasteiger partial charge >= 0.3 is 12.0 Å². The van der Waals surface area contributed by atoms with Crippen molar-refractivity contribution in [3.63, 3.8) is 0 Å². The Morgan fingerprint density at radius 2 is 2.06 bits per heavy atom. The topological polar surface area (TPSA) is 78.4 Å². The lowest BCUT2D eigenvalue weighted by Gasteiger charge is -2.19. The number of carboxylic acids is 1. The average Bonchev–Trinajstić information content (AvgIpc) is 2.69. The van der Waals surface area contributed by atoms with Gasteiger partial charge in [-0.1, -0.05) is 25.5 Å². The first-order valence-electron chi connectivity index (χ1n) is 6.05. The lowest BCUT2D eigenvalue weighted by molar-refractivity contribution is -0.137. The van der Waals surface area contributed by atoms with Gasteiger partial charge in [0.15, 0.2) is 0 Å². The van der Waals surface area contributed by atoms with Gasteiger partial charge in [-0.2, -0.15) is 0 Å². The van der Waals surface area contributed by atoms with Crippen LogP contribution in [0.5, 0.6) is 0 Å². The second-order valence-electron chi connectivity index (χ2n) is 4.34. The third-order valence-electron chi connectivity index (χ3n) is 2.74. The molecule has 0 radical (unpaired) electrons. The quantitative estimate of drug-likeness (QED) is 0.618. The van der Waals surface area contributed by atoms with E-state index >= 15 is 0 Å². The first kappa shape index (κ1) is 13.5. The molecule has 0 spiro atoms. The van der Waals surface area contributed by atoms with Gasteiger partial charge < -0.3 is 15.7 Å². The zero-order valence-electron chi connectivity index (χ0n) is 10.1. The van der Waals surface area contributed by atoms with Crippen molar-refractivity contribution >= 4 is 12.0 Å². The van der Waals surface area contributed by atoms with Gasteiger partial charge in [-0.3, -0.25) is 4.79 Å². The summed E-state index contributed by atoms with van der Waals surface area (Å²) in [5.74, 6) is -0.883. The maximum Gasteiger partial charge on any atom is 0.315 e. The van der Waals surface area contributed by atoms with Gasteiger partial charge in [0.05, 0.1) is 6.42 Å². The fourth-order valence-corrected chi connectivity index (χ4v) is 1.93. The van der Waals surface area contributed by atoms with Crippen molar-refractivity contribution < 1.29 is 14.7 Å². The Morgan fingerprint density at radius 3 is 2.59 bits per heavy atom. The summed E-state index contributed by atoms with van der Waals surface area (Å²) in [6.45, 7) is 1.97. The van der Waals surface area contributed by atoms with Crippen LogP contribution in [0.15, 0.2) is 12.2 Å². The van der Waals surface area contributed by atoms with E-state index in [2.05, 4.69) is 10.6 Å². The molecule has 0 heterocycles. The number of carboxylic acid groups (broad SMARTS) is 1. The molecule has 1 unspecified atom stereocenters. The number of carbonyl (C=O) groups excluding carboxylic acids is 1. The van der Waals surface area contributed by atoms with Gasteiger partial charge in [0.2, 0.25) is 0 Å². The van der Waals surface area contributed by atoms with Crippen LogP contribution in [-0.4, -0.2) is 29.2 Å². The Bertz CT molecular complexity index is 294. The number of amides is 2. The van der Waals surface area contributed by atoms with Crippen LogP contribution < -0.4 is 10.6 Å². The first-order chi connectivity index (χ1) is 8.11. The van der Waals surface area contributed by atoms with Gasteiger partial charge in [0.1, 0.15) is 0 Å². The molecule has 3 N–H and O–H groups in total. The fraction of sp³-hybridized carbons (Fsp3) is 0.667. The lowest BCUT2D eigenvalue weighted by atomic mass is 10.1. The monoisotopic (exact) mass is 240 g/mol. The van der Waals surface area contributed by atoms with Crippen LogP contribution in [0.1, 0.15) is 39.0 Å². The van der Waals surface area contributed by atoms with E-state index in [1.54, 1.807) is 0 Å². The Morgan fingerprint density at radius 1 is 1.41 bits per heavy atom. The second kappa shape index (κ2) is 6.93. The highest BCUT2D eigenvalue weighted by molar-refractivity contribution is 5.76. The number of nitrogens with one attached hydrogen (secondary N) is 2. The molecule has 96 valence electrons. The molecule has 1 aliphatic rings. The first-order valence-corrected chi connectivity index (χ1v) is 6.05. The van der Waals surface area contributed by atoms with E-state index in [1.807, 2.05) is 19.1 Å². The molecule has 1 aliphatic carbocycles. The molecule has 0 fully saturated rings. The largest absolute Gasteiger partial charge is 0.481 e. The van der Waals surface area contributed by atoms with Gasteiger partial charge in [-0.15, -0.1) is 0 Å². The van der Waals surface area contributed by atoms with Crippen molar-refractivity contribution in [3.05, 3.63) is 12.2 Å². The third kappa shape index (κ3) is 5.38. The lowest BCUT2D eigenvalue weighted by Crippen LogP contribution is -2.46. The van der Waals surface area contributed by atoms with Crippen LogP contribution in [-0.2, 0) is 4.79 Å². The summed E-state index contributed by atoms with van der Waals surface area (Å²) in [5, 5.41) is 14.3. The standard InChI is InChI=1S/C12H20N2O3/c1-2-5-10(8-11(15)16)14-12(17)13-9-6-3-4-7-9/h3-4,9-10H,2,5-8H2,1H3,(H,15,16)(H2,13,14,17). The van der Waals surface area contributed by atoms with Crippen LogP contribution in [0.2, 0.25) is 0 Å². The Hall–Kier alpha value is -1.52. The number of rotatable bonds is 6. The number of hydrogen-bond acceptors (Lipinski definition) is 2. The Kier molecular flexibility index (Phi) is 5.52. The van der Waals surface area contributed by atoms with Gasteiger partial charge in [-0.25, -0.2) is 4.79 Å². The number of hydrogen-bond donors (Lipinski definition) is 3. The van der Waals surface area contributed by atoms with E-state index in [1.165, 1.54) is 0 Å². The van der Waals surface area contributed by atoms with Crippen LogP contribution in [0, 0.1) is 0 Å². The molecule has 0 saturated carbocycles. The molecule has 0 aromatic rings. The second-order valence-corrected chi connectivity index (χ2v) is 4.34. The molecule has 17 heavy (non-hydrogen) atoms. The summed E-state index contributed by atoms with van der Waals surface area (Å²) >= 11 is 0. The molecule has 2 amide bonds. The maximum atomic E-state index is 11.6. The minimum Gasteiger partial charge on any atom is -0.481 e. The number of carbonyl (C=O) groups is 2. The highest BCUT2D eigenvalue weighted by atomic mass is 16.4. The molecule has 0 bridgehead atoms. The summed E-state index contributed by atoms with van der Waals surface area (Å²) in [7, 11) is 0. The van der Waals surface area contributed by atoms with Gasteiger partial charge in [0, 0.05) is 12.1 Å². The predicted octanol–water partition coefficient (Wildman–Crippen LogP) is 1.65. The van der Waals surface area contributed by atoms with Crippen molar-refractivity contribution in [2.75, 3.05) is 0 Å². The van der Waals surface area contributed by atoms with Crippen molar-refractivity contribution in [3.8, 4) is 0 Å². The predicted molar refractivity (Wildman–Crippen MR) is 64.8 cm³/mol. The Balaban J connectivity index is 2.31. The fourth-order valence-electron chi connectivity index (χ4n) is 1.93. The van der Waals surface area contributed by atoms with E-state index in [9.17, 15) is 9.59 Å². The molecular formula is C12H20N2O3. The third-order valence-corrected chi connectivity index (χ3v) is 2.74. The summed E-state index contributed by atoms with van der Waals surface area (Å²) in [5.41, 5.74) is 0. The molecule has 1 rings (SSSR count). The van der Waals surface area contributed by atoms with Crippen LogP contribution in [0.25, 0.3) is 0 Å². The van der Waals surface area contributed by atoms with E-state index in [-0.39, 0.29) is 24.5 Å². The molecule has 0 saturated heterocycles. The highest BCUT2D eigenvalue weighted by Gasteiger charge is 2.17. The van der Waals surface area contributed by atoms with Crippen LogP contribution in [0.3, 0.4) is 0 Å².